The minimum absolute atomic E-state index is 0.307. The van der Waals surface area contributed by atoms with Gasteiger partial charge < -0.3 is 31.5 Å². The number of benzene rings is 3. The summed E-state index contributed by atoms with van der Waals surface area (Å²) in [5.74, 6) is -1.54. The average Bonchev–Trinajstić information content (AvgIpc) is 3.04. The molecule has 3 aromatic rings. The van der Waals surface area contributed by atoms with Crippen LogP contribution in [0, 0.1) is 0 Å². The SMILES string of the molecule is C/C=C\Nc1ccc([C@@H](C)NC(=O)[C@H](O)[C@@H](O)C(=O)N2CCc3cc(Cl)ccc3C2c2ccccc2)cc1.CC.CN. The number of aliphatic hydroxyl groups excluding tert-OH is 2. The Morgan fingerprint density at radius 2 is 1.64 bits per heavy atom. The van der Waals surface area contributed by atoms with Crippen LogP contribution in [0.15, 0.2) is 85.1 Å². The van der Waals surface area contributed by atoms with Gasteiger partial charge in [-0.1, -0.05) is 80.1 Å². The van der Waals surface area contributed by atoms with Crippen molar-refractivity contribution in [3.63, 3.8) is 0 Å². The number of aliphatic hydroxyl groups is 2. The lowest BCUT2D eigenvalue weighted by molar-refractivity contribution is -0.155. The van der Waals surface area contributed by atoms with E-state index in [2.05, 4.69) is 16.4 Å². The van der Waals surface area contributed by atoms with Gasteiger partial charge in [0, 0.05) is 17.3 Å². The minimum Gasteiger partial charge on any atom is -0.380 e. The van der Waals surface area contributed by atoms with Crippen LogP contribution in [0.2, 0.25) is 5.02 Å². The number of nitrogens with zero attached hydrogens (tertiary/aromatic N) is 1. The van der Waals surface area contributed by atoms with Crippen LogP contribution < -0.4 is 16.4 Å². The number of carbonyl (C=O) groups excluding carboxylic acids is 2. The third kappa shape index (κ3) is 8.66. The molecule has 9 heteroatoms. The van der Waals surface area contributed by atoms with E-state index >= 15 is 0 Å². The van der Waals surface area contributed by atoms with Crippen molar-refractivity contribution in [2.45, 2.75) is 58.4 Å². The van der Waals surface area contributed by atoms with Gasteiger partial charge in [0.2, 0.25) is 0 Å². The summed E-state index contributed by atoms with van der Waals surface area (Å²) in [6.07, 6.45) is 0.382. The van der Waals surface area contributed by atoms with Crippen LogP contribution in [-0.4, -0.2) is 52.7 Å². The van der Waals surface area contributed by atoms with Gasteiger partial charge in [0.1, 0.15) is 0 Å². The highest BCUT2D eigenvalue weighted by Gasteiger charge is 2.39. The number of nitrogens with two attached hydrogens (primary N) is 1. The first-order valence-electron chi connectivity index (χ1n) is 14.2. The van der Waals surface area contributed by atoms with Gasteiger partial charge in [-0.2, -0.15) is 0 Å². The van der Waals surface area contributed by atoms with Gasteiger partial charge in [-0.25, -0.2) is 0 Å². The van der Waals surface area contributed by atoms with E-state index in [1.54, 1.807) is 13.0 Å². The third-order valence-electron chi connectivity index (χ3n) is 6.74. The zero-order valence-corrected chi connectivity index (χ0v) is 25.7. The van der Waals surface area contributed by atoms with Crippen molar-refractivity contribution in [2.75, 3.05) is 18.9 Å². The molecule has 1 heterocycles. The molecule has 0 radical (unpaired) electrons. The number of nitrogens with one attached hydrogen (secondary N) is 2. The highest BCUT2D eigenvalue weighted by atomic mass is 35.5. The highest BCUT2D eigenvalue weighted by molar-refractivity contribution is 6.30. The van der Waals surface area contributed by atoms with Crippen LogP contribution >= 0.6 is 11.6 Å². The van der Waals surface area contributed by atoms with E-state index < -0.39 is 36.1 Å². The smallest absolute Gasteiger partial charge is 0.255 e. The Kier molecular flexibility index (Phi) is 14.2. The summed E-state index contributed by atoms with van der Waals surface area (Å²) in [5.41, 5.74) is 8.98. The zero-order chi connectivity index (χ0) is 31.2. The maximum absolute atomic E-state index is 13.5. The van der Waals surface area contributed by atoms with Crippen molar-refractivity contribution in [1.82, 2.24) is 10.2 Å². The first kappa shape index (κ1) is 34.5. The Balaban J connectivity index is 0.00000148. The summed E-state index contributed by atoms with van der Waals surface area (Å²) < 4.78 is 0. The molecule has 1 aliphatic rings. The summed E-state index contributed by atoms with van der Waals surface area (Å²) in [4.78, 5) is 27.8. The second-order valence-electron chi connectivity index (χ2n) is 9.32. The van der Waals surface area contributed by atoms with Crippen LogP contribution in [0.4, 0.5) is 5.69 Å². The first-order chi connectivity index (χ1) is 20.3. The maximum atomic E-state index is 13.5. The van der Waals surface area contributed by atoms with Crippen molar-refractivity contribution >= 4 is 29.1 Å². The molecule has 0 saturated heterocycles. The molecule has 0 bridgehead atoms. The first-order valence-corrected chi connectivity index (χ1v) is 14.5. The Morgan fingerprint density at radius 1 is 1.00 bits per heavy atom. The predicted molar refractivity (Wildman–Crippen MR) is 170 cm³/mol. The van der Waals surface area contributed by atoms with E-state index in [1.165, 1.54) is 11.9 Å². The number of allylic oxidation sites excluding steroid dienone is 1. The van der Waals surface area contributed by atoms with Crippen LogP contribution in [0.5, 0.6) is 0 Å². The van der Waals surface area contributed by atoms with Crippen molar-refractivity contribution in [1.29, 1.82) is 0 Å². The molecule has 4 atom stereocenters. The van der Waals surface area contributed by atoms with Crippen molar-refractivity contribution < 1.29 is 19.8 Å². The van der Waals surface area contributed by atoms with Crippen molar-refractivity contribution in [2.24, 2.45) is 5.73 Å². The molecule has 0 fully saturated rings. The Hall–Kier alpha value is -3.69. The quantitative estimate of drug-likeness (QED) is 0.251. The summed E-state index contributed by atoms with van der Waals surface area (Å²) in [7, 11) is 1.50. The van der Waals surface area contributed by atoms with Crippen LogP contribution in [-0.2, 0) is 16.0 Å². The van der Waals surface area contributed by atoms with Gasteiger partial charge in [-0.05, 0) is 80.0 Å². The van der Waals surface area contributed by atoms with E-state index in [0.717, 1.165) is 27.9 Å². The number of halogens is 1. The van der Waals surface area contributed by atoms with Gasteiger partial charge in [0.05, 0.1) is 12.1 Å². The van der Waals surface area contributed by atoms with E-state index in [0.29, 0.717) is 18.0 Å². The topological polar surface area (TPSA) is 128 Å². The Bertz CT molecular complexity index is 1300. The van der Waals surface area contributed by atoms with Crippen molar-refractivity contribution in [3.8, 4) is 0 Å². The highest BCUT2D eigenvalue weighted by Crippen LogP contribution is 2.36. The summed E-state index contributed by atoms with van der Waals surface area (Å²) in [5, 5.41) is 27.9. The standard InChI is InChI=1S/C30H32ClN3O4.C2H6.CH5N/c1-3-16-32-24-12-9-20(10-13-24)19(2)33-29(37)27(35)28(36)30(38)34-17-15-22-18-23(31)11-14-25(22)26(34)21-7-5-4-6-8-21;2*1-2/h3-14,16,18-19,26-28,32,35-36H,15,17H2,1-2H3,(H,33,37);1-2H3;2H2,1H3/b16-3-;;/t19-,26?,27-,28-;;/m1../s1. The zero-order valence-electron chi connectivity index (χ0n) is 24.9. The molecular weight excluding hydrogens is 552 g/mol. The summed E-state index contributed by atoms with van der Waals surface area (Å²) in [6, 6.07) is 21.5. The van der Waals surface area contributed by atoms with E-state index in [1.807, 2.05) is 99.8 Å². The number of rotatable bonds is 8. The normalized spacial score (nSPS) is 16.0. The number of anilines is 1. The fourth-order valence-corrected chi connectivity index (χ4v) is 4.90. The molecule has 0 aromatic heterocycles. The lowest BCUT2D eigenvalue weighted by atomic mass is 9.87. The number of hydrogen-bond acceptors (Lipinski definition) is 6. The van der Waals surface area contributed by atoms with Crippen LogP contribution in [0.3, 0.4) is 0 Å². The largest absolute Gasteiger partial charge is 0.380 e. The second kappa shape index (κ2) is 17.3. The van der Waals surface area contributed by atoms with Gasteiger partial charge in [0.15, 0.2) is 12.2 Å². The predicted octanol–water partition coefficient (Wildman–Crippen LogP) is 4.96. The van der Waals surface area contributed by atoms with Crippen molar-refractivity contribution in [3.05, 3.63) is 112 Å². The molecule has 42 heavy (non-hydrogen) atoms. The van der Waals surface area contributed by atoms with Crippen LogP contribution in [0.1, 0.15) is 62.0 Å². The molecule has 2 amide bonds. The van der Waals surface area contributed by atoms with Crippen LogP contribution in [0.25, 0.3) is 0 Å². The molecule has 1 aliphatic heterocycles. The van der Waals surface area contributed by atoms with Gasteiger partial charge >= 0.3 is 0 Å². The maximum Gasteiger partial charge on any atom is 0.255 e. The lowest BCUT2D eigenvalue weighted by Crippen LogP contribution is -2.53. The number of amides is 2. The van der Waals surface area contributed by atoms with E-state index in [9.17, 15) is 19.8 Å². The van der Waals surface area contributed by atoms with E-state index in [4.69, 9.17) is 11.6 Å². The third-order valence-corrected chi connectivity index (χ3v) is 6.97. The second-order valence-corrected chi connectivity index (χ2v) is 9.76. The molecule has 0 spiro atoms. The van der Waals surface area contributed by atoms with Gasteiger partial charge in [-0.15, -0.1) is 0 Å². The fraction of sp³-hybridized carbons (Fsp3) is 0.333. The molecule has 6 N–H and O–H groups in total. The molecule has 0 aliphatic carbocycles. The number of hydrogen-bond donors (Lipinski definition) is 5. The minimum atomic E-state index is -1.93. The molecule has 0 saturated carbocycles. The molecule has 8 nitrogen and oxygen atoms in total. The fourth-order valence-electron chi connectivity index (χ4n) is 4.71. The van der Waals surface area contributed by atoms with Gasteiger partial charge in [-0.3, -0.25) is 9.59 Å². The Labute approximate surface area is 254 Å². The molecule has 1 unspecified atom stereocenters. The lowest BCUT2D eigenvalue weighted by Gasteiger charge is -2.39. The molecular formula is C33H43ClN4O4. The molecule has 4 rings (SSSR count). The average molecular weight is 595 g/mol. The van der Waals surface area contributed by atoms with E-state index in [-0.39, 0.29) is 0 Å². The molecule has 226 valence electrons. The summed E-state index contributed by atoms with van der Waals surface area (Å²) >= 11 is 6.21. The Morgan fingerprint density at radius 3 is 2.26 bits per heavy atom. The number of carbonyl (C=O) groups is 2. The molecule has 3 aromatic carbocycles. The summed E-state index contributed by atoms with van der Waals surface area (Å²) in [6.45, 7) is 7.98. The monoisotopic (exact) mass is 594 g/mol. The number of fused-ring (bicyclic) bond motifs is 1. The van der Waals surface area contributed by atoms with Gasteiger partial charge in [0.25, 0.3) is 11.8 Å².